The van der Waals surface area contributed by atoms with Crippen molar-refractivity contribution in [3.8, 4) is 0 Å². The Morgan fingerprint density at radius 3 is 2.48 bits per heavy atom. The van der Waals surface area contributed by atoms with E-state index in [-0.39, 0.29) is 16.4 Å². The Hall–Kier alpha value is -1.97. The molecule has 1 aromatic rings. The third-order valence-corrected chi connectivity index (χ3v) is 3.53. The Kier molecular flexibility index (Phi) is 5.82. The summed E-state index contributed by atoms with van der Waals surface area (Å²) in [6, 6.07) is 2.93. The zero-order valence-electron chi connectivity index (χ0n) is 10.9. The van der Waals surface area contributed by atoms with E-state index in [9.17, 15) is 29.9 Å². The fourth-order valence-corrected chi connectivity index (χ4v) is 2.19. The molecule has 0 saturated heterocycles. The third kappa shape index (κ3) is 4.52. The van der Waals surface area contributed by atoms with E-state index < -0.39 is 34.4 Å². The van der Waals surface area contributed by atoms with E-state index in [2.05, 4.69) is 0 Å². The molecule has 0 aliphatic rings. The lowest BCUT2D eigenvalue weighted by molar-refractivity contribution is -0.384. The number of hydrogen-bond donors (Lipinski definition) is 3. The van der Waals surface area contributed by atoms with Crippen LogP contribution in [0.1, 0.15) is 28.9 Å². The van der Waals surface area contributed by atoms with Crippen LogP contribution in [0.25, 0.3) is 0 Å². The zero-order valence-corrected chi connectivity index (χ0v) is 11.7. The van der Waals surface area contributed by atoms with Gasteiger partial charge in [0.2, 0.25) is 0 Å². The predicted molar refractivity (Wildman–Crippen MR) is 74.2 cm³/mol. The van der Waals surface area contributed by atoms with Gasteiger partial charge in [-0.25, -0.2) is 4.79 Å². The van der Waals surface area contributed by atoms with Crippen molar-refractivity contribution in [2.45, 2.75) is 19.1 Å². The number of aromatic carboxylic acids is 1. The number of non-ortho nitro benzene ring substituents is 1. The molecular formula is C12H13NO7S. The number of rotatable bonds is 6. The maximum atomic E-state index is 11.1. The van der Waals surface area contributed by atoms with Gasteiger partial charge in [0.15, 0.2) is 5.12 Å². The topological polar surface area (TPSA) is 138 Å². The van der Waals surface area contributed by atoms with Crippen molar-refractivity contribution in [2.75, 3.05) is 5.75 Å². The summed E-state index contributed by atoms with van der Waals surface area (Å²) in [4.78, 5) is 31.8. The molecule has 3 N–H and O–H groups in total. The lowest BCUT2D eigenvalue weighted by Gasteiger charge is -2.18. The molecule has 0 aromatic heterocycles. The fourth-order valence-electron chi connectivity index (χ4n) is 1.60. The van der Waals surface area contributed by atoms with Crippen LogP contribution in [0.5, 0.6) is 0 Å². The second-order valence-electron chi connectivity index (χ2n) is 4.15. The zero-order chi connectivity index (χ0) is 16.2. The number of nitro groups is 1. The highest BCUT2D eigenvalue weighted by Crippen LogP contribution is 2.26. The SMILES string of the molecule is CC(=O)SCC(O)C(O)c1ccc([N+](=O)[O-])cc1C(=O)O. The van der Waals surface area contributed by atoms with Gasteiger partial charge >= 0.3 is 5.97 Å². The molecule has 1 aromatic carbocycles. The van der Waals surface area contributed by atoms with E-state index in [1.807, 2.05) is 0 Å². The van der Waals surface area contributed by atoms with Crippen molar-refractivity contribution in [3.05, 3.63) is 39.4 Å². The number of carbonyl (C=O) groups excluding carboxylic acids is 1. The van der Waals surface area contributed by atoms with E-state index in [0.717, 1.165) is 30.0 Å². The van der Waals surface area contributed by atoms with E-state index >= 15 is 0 Å². The van der Waals surface area contributed by atoms with Gasteiger partial charge in [-0.2, -0.15) is 0 Å². The summed E-state index contributed by atoms with van der Waals surface area (Å²) in [5.41, 5.74) is -1.05. The number of carboxylic acid groups (broad SMARTS) is 1. The van der Waals surface area contributed by atoms with Gasteiger partial charge in [0.05, 0.1) is 16.6 Å². The van der Waals surface area contributed by atoms with Crippen LogP contribution in [0.4, 0.5) is 5.69 Å². The number of carbonyl (C=O) groups is 2. The van der Waals surface area contributed by atoms with E-state index in [0.29, 0.717) is 0 Å². The highest BCUT2D eigenvalue weighted by atomic mass is 32.2. The monoisotopic (exact) mass is 315 g/mol. The largest absolute Gasteiger partial charge is 0.478 e. The molecule has 0 aliphatic heterocycles. The first-order valence-electron chi connectivity index (χ1n) is 5.75. The average Bonchev–Trinajstić information content (AvgIpc) is 2.42. The van der Waals surface area contributed by atoms with Crippen molar-refractivity contribution in [2.24, 2.45) is 0 Å². The number of thioether (sulfide) groups is 1. The molecule has 9 heteroatoms. The number of aliphatic hydroxyl groups excluding tert-OH is 2. The number of nitrogens with zero attached hydrogens (tertiary/aromatic N) is 1. The number of benzene rings is 1. The van der Waals surface area contributed by atoms with Gasteiger partial charge in [-0.3, -0.25) is 14.9 Å². The average molecular weight is 315 g/mol. The summed E-state index contributed by atoms with van der Waals surface area (Å²) in [6.07, 6.45) is -2.94. The molecule has 21 heavy (non-hydrogen) atoms. The molecule has 8 nitrogen and oxygen atoms in total. The van der Waals surface area contributed by atoms with Crippen LogP contribution in [0.15, 0.2) is 18.2 Å². The molecule has 0 heterocycles. The Balaban J connectivity index is 3.08. The number of aliphatic hydroxyl groups is 2. The molecule has 1 rings (SSSR count). The second-order valence-corrected chi connectivity index (χ2v) is 5.35. The minimum atomic E-state index is -1.57. The highest BCUT2D eigenvalue weighted by molar-refractivity contribution is 8.13. The van der Waals surface area contributed by atoms with Crippen LogP contribution >= 0.6 is 11.8 Å². The van der Waals surface area contributed by atoms with Gasteiger partial charge in [-0.05, 0) is 11.6 Å². The van der Waals surface area contributed by atoms with Crippen LogP contribution in [-0.2, 0) is 4.79 Å². The van der Waals surface area contributed by atoms with Crippen LogP contribution in [-0.4, -0.2) is 43.2 Å². The number of carboxylic acids is 1. The maximum absolute atomic E-state index is 11.1. The minimum absolute atomic E-state index is 0.119. The molecule has 0 bridgehead atoms. The lowest BCUT2D eigenvalue weighted by atomic mass is 9.98. The van der Waals surface area contributed by atoms with E-state index in [1.165, 1.54) is 6.92 Å². The van der Waals surface area contributed by atoms with Gasteiger partial charge < -0.3 is 15.3 Å². The standard InChI is InChI=1S/C12H13NO7S/c1-6(14)21-5-10(15)11(16)8-3-2-7(13(19)20)4-9(8)12(17)18/h2-4,10-11,15-16H,5H2,1H3,(H,17,18). The first-order chi connectivity index (χ1) is 9.73. The Morgan fingerprint density at radius 1 is 1.38 bits per heavy atom. The Labute approximate surface area is 123 Å². The second kappa shape index (κ2) is 7.16. The molecule has 0 saturated carbocycles. The van der Waals surface area contributed by atoms with Gasteiger partial charge in [0, 0.05) is 24.8 Å². The number of hydrogen-bond acceptors (Lipinski definition) is 7. The van der Waals surface area contributed by atoms with Crippen molar-refractivity contribution in [3.63, 3.8) is 0 Å². The molecule has 0 amide bonds. The molecule has 0 aliphatic carbocycles. The molecule has 0 spiro atoms. The molecule has 2 unspecified atom stereocenters. The number of nitro benzene ring substituents is 1. The summed E-state index contributed by atoms with van der Waals surface area (Å²) >= 11 is 0.780. The predicted octanol–water partition coefficient (Wildman–Crippen LogP) is 0.967. The van der Waals surface area contributed by atoms with Crippen molar-refractivity contribution < 1.29 is 29.8 Å². The summed E-state index contributed by atoms with van der Waals surface area (Å²) in [5, 5.41) is 39.1. The van der Waals surface area contributed by atoms with E-state index in [4.69, 9.17) is 5.11 Å². The summed E-state index contributed by atoms with van der Waals surface area (Å²) in [7, 11) is 0. The van der Waals surface area contributed by atoms with Crippen molar-refractivity contribution in [1.29, 1.82) is 0 Å². The summed E-state index contributed by atoms with van der Waals surface area (Å²) in [6.45, 7) is 1.29. The van der Waals surface area contributed by atoms with Gasteiger partial charge in [-0.15, -0.1) is 0 Å². The fraction of sp³-hybridized carbons (Fsp3) is 0.333. The normalized spacial score (nSPS) is 13.5. The Bertz CT molecular complexity index is 575. The molecule has 0 fully saturated rings. The quantitative estimate of drug-likeness (QED) is 0.521. The van der Waals surface area contributed by atoms with Crippen molar-refractivity contribution in [1.82, 2.24) is 0 Å². The highest BCUT2D eigenvalue weighted by Gasteiger charge is 2.26. The maximum Gasteiger partial charge on any atom is 0.336 e. The van der Waals surface area contributed by atoms with Gasteiger partial charge in [0.1, 0.15) is 6.10 Å². The van der Waals surface area contributed by atoms with Crippen LogP contribution in [0.2, 0.25) is 0 Å². The molecule has 114 valence electrons. The molecule has 0 radical (unpaired) electrons. The van der Waals surface area contributed by atoms with E-state index in [1.54, 1.807) is 0 Å². The third-order valence-electron chi connectivity index (χ3n) is 2.62. The summed E-state index contributed by atoms with van der Waals surface area (Å²) < 4.78 is 0. The molecular weight excluding hydrogens is 302 g/mol. The van der Waals surface area contributed by atoms with Gasteiger partial charge in [0.25, 0.3) is 5.69 Å². The lowest BCUT2D eigenvalue weighted by Crippen LogP contribution is -2.23. The van der Waals surface area contributed by atoms with Crippen molar-refractivity contribution >= 4 is 28.5 Å². The first-order valence-corrected chi connectivity index (χ1v) is 6.73. The summed E-state index contributed by atoms with van der Waals surface area (Å²) in [5.74, 6) is -1.58. The van der Waals surface area contributed by atoms with Gasteiger partial charge in [-0.1, -0.05) is 11.8 Å². The van der Waals surface area contributed by atoms with Crippen LogP contribution < -0.4 is 0 Å². The van der Waals surface area contributed by atoms with Crippen LogP contribution in [0.3, 0.4) is 0 Å². The Morgan fingerprint density at radius 2 is 2.00 bits per heavy atom. The first kappa shape index (κ1) is 17.1. The molecule has 2 atom stereocenters. The van der Waals surface area contributed by atoms with Crippen LogP contribution in [0, 0.1) is 10.1 Å². The smallest absolute Gasteiger partial charge is 0.336 e. The minimum Gasteiger partial charge on any atom is -0.478 e.